The molecule has 0 spiro atoms. The molecule has 2 aromatic heterocycles. The smallest absolute Gasteiger partial charge is 0.267 e. The van der Waals surface area contributed by atoms with Gasteiger partial charge in [-0.15, -0.1) is 0 Å². The highest BCUT2D eigenvalue weighted by Gasteiger charge is 2.21. The molecule has 1 amide bonds. The SMILES string of the molecule is Cc1cccc(C)c1NC(=O)[C@@H](C)n1cnc2onc(C)c2c1=O. The summed E-state index contributed by atoms with van der Waals surface area (Å²) in [5.74, 6) is -0.287. The van der Waals surface area contributed by atoms with Crippen LogP contribution in [-0.2, 0) is 4.79 Å². The van der Waals surface area contributed by atoms with Crippen LogP contribution < -0.4 is 10.9 Å². The van der Waals surface area contributed by atoms with E-state index in [1.54, 1.807) is 13.8 Å². The number of aromatic nitrogens is 3. The average molecular weight is 326 g/mol. The molecule has 1 atom stereocenters. The van der Waals surface area contributed by atoms with Gasteiger partial charge in [0.15, 0.2) is 0 Å². The highest BCUT2D eigenvalue weighted by Crippen LogP contribution is 2.21. The fraction of sp³-hybridized carbons (Fsp3) is 0.294. The monoisotopic (exact) mass is 326 g/mol. The molecular formula is C17H18N4O3. The van der Waals surface area contributed by atoms with Gasteiger partial charge in [-0.05, 0) is 38.8 Å². The van der Waals surface area contributed by atoms with Crippen molar-refractivity contribution in [3.63, 3.8) is 0 Å². The third-order valence-electron chi connectivity index (χ3n) is 4.12. The van der Waals surface area contributed by atoms with E-state index in [0.717, 1.165) is 16.8 Å². The van der Waals surface area contributed by atoms with Gasteiger partial charge >= 0.3 is 0 Å². The van der Waals surface area contributed by atoms with Crippen LogP contribution in [0, 0.1) is 20.8 Å². The Hall–Kier alpha value is -2.96. The maximum absolute atomic E-state index is 12.6. The van der Waals surface area contributed by atoms with Crippen molar-refractivity contribution in [3.05, 3.63) is 51.7 Å². The Bertz CT molecular complexity index is 967. The lowest BCUT2D eigenvalue weighted by atomic mass is 10.1. The molecule has 0 saturated heterocycles. The number of amides is 1. The number of carbonyl (C=O) groups excluding carboxylic acids is 1. The fourth-order valence-corrected chi connectivity index (χ4v) is 2.63. The molecule has 7 heteroatoms. The number of benzene rings is 1. The van der Waals surface area contributed by atoms with E-state index in [1.165, 1.54) is 10.9 Å². The van der Waals surface area contributed by atoms with Crippen LogP contribution in [0.4, 0.5) is 5.69 Å². The summed E-state index contributed by atoms with van der Waals surface area (Å²) in [4.78, 5) is 29.2. The first-order valence-corrected chi connectivity index (χ1v) is 7.60. The number of aryl methyl sites for hydroxylation is 3. The predicted molar refractivity (Wildman–Crippen MR) is 90.1 cm³/mol. The maximum Gasteiger partial charge on any atom is 0.267 e. The summed E-state index contributed by atoms with van der Waals surface area (Å²) < 4.78 is 6.26. The zero-order valence-electron chi connectivity index (χ0n) is 14.0. The molecule has 0 unspecified atom stereocenters. The molecule has 3 rings (SSSR count). The average Bonchev–Trinajstić information content (AvgIpc) is 2.93. The van der Waals surface area contributed by atoms with E-state index in [1.807, 2.05) is 32.0 Å². The molecule has 0 bridgehead atoms. The first-order chi connectivity index (χ1) is 11.4. The van der Waals surface area contributed by atoms with Crippen LogP contribution in [0.5, 0.6) is 0 Å². The van der Waals surface area contributed by atoms with Crippen LogP contribution in [0.2, 0.25) is 0 Å². The van der Waals surface area contributed by atoms with E-state index >= 15 is 0 Å². The first kappa shape index (κ1) is 15.9. The van der Waals surface area contributed by atoms with E-state index in [9.17, 15) is 9.59 Å². The third-order valence-corrected chi connectivity index (χ3v) is 4.12. The van der Waals surface area contributed by atoms with Gasteiger partial charge in [0.25, 0.3) is 11.3 Å². The molecule has 1 aromatic carbocycles. The maximum atomic E-state index is 12.6. The molecule has 2 heterocycles. The number of hydrogen-bond acceptors (Lipinski definition) is 5. The molecule has 0 saturated carbocycles. The minimum Gasteiger partial charge on any atom is -0.335 e. The van der Waals surface area contributed by atoms with Crippen LogP contribution in [0.3, 0.4) is 0 Å². The van der Waals surface area contributed by atoms with Crippen molar-refractivity contribution in [2.24, 2.45) is 0 Å². The molecule has 0 aliphatic rings. The summed E-state index contributed by atoms with van der Waals surface area (Å²) in [6.45, 7) is 7.17. The Morgan fingerprint density at radius 2 is 1.92 bits per heavy atom. The fourth-order valence-electron chi connectivity index (χ4n) is 2.63. The van der Waals surface area contributed by atoms with Gasteiger partial charge in [-0.3, -0.25) is 14.2 Å². The van der Waals surface area contributed by atoms with Gasteiger partial charge in [0.2, 0.25) is 5.91 Å². The van der Waals surface area contributed by atoms with Crippen molar-refractivity contribution in [2.75, 3.05) is 5.32 Å². The number of nitrogens with one attached hydrogen (secondary N) is 1. The molecular weight excluding hydrogens is 308 g/mol. The topological polar surface area (TPSA) is 90.0 Å². The summed E-state index contributed by atoms with van der Waals surface area (Å²) in [5.41, 5.74) is 2.98. The van der Waals surface area contributed by atoms with Crippen LogP contribution in [0.25, 0.3) is 11.1 Å². The Kier molecular flexibility index (Phi) is 3.92. The number of rotatable bonds is 3. The second-order valence-electron chi connectivity index (χ2n) is 5.84. The summed E-state index contributed by atoms with van der Waals surface area (Å²) >= 11 is 0. The number of fused-ring (bicyclic) bond motifs is 1. The van der Waals surface area contributed by atoms with Gasteiger partial charge in [-0.2, -0.15) is 0 Å². The van der Waals surface area contributed by atoms with Crippen LogP contribution in [0.1, 0.15) is 29.8 Å². The normalized spacial score (nSPS) is 12.3. The Morgan fingerprint density at radius 1 is 1.25 bits per heavy atom. The van der Waals surface area contributed by atoms with Crippen molar-refractivity contribution in [1.82, 2.24) is 14.7 Å². The van der Waals surface area contributed by atoms with E-state index < -0.39 is 6.04 Å². The summed E-state index contributed by atoms with van der Waals surface area (Å²) in [5, 5.41) is 6.93. The Balaban J connectivity index is 1.96. The van der Waals surface area contributed by atoms with Crippen molar-refractivity contribution < 1.29 is 9.32 Å². The molecule has 24 heavy (non-hydrogen) atoms. The molecule has 0 radical (unpaired) electrons. The molecule has 0 fully saturated rings. The van der Waals surface area contributed by atoms with Crippen LogP contribution in [0.15, 0.2) is 33.8 Å². The van der Waals surface area contributed by atoms with Gasteiger partial charge in [0.1, 0.15) is 17.8 Å². The summed E-state index contributed by atoms with van der Waals surface area (Å²) in [6.07, 6.45) is 1.31. The Morgan fingerprint density at radius 3 is 2.58 bits per heavy atom. The van der Waals surface area contributed by atoms with E-state index in [0.29, 0.717) is 11.1 Å². The number of carbonyl (C=O) groups is 1. The van der Waals surface area contributed by atoms with Crippen LogP contribution >= 0.6 is 0 Å². The number of anilines is 1. The number of hydrogen-bond donors (Lipinski definition) is 1. The van der Waals surface area contributed by atoms with Gasteiger partial charge in [-0.25, -0.2) is 4.98 Å². The Labute approximate surface area is 138 Å². The lowest BCUT2D eigenvalue weighted by molar-refractivity contribution is -0.118. The summed E-state index contributed by atoms with van der Waals surface area (Å²) in [7, 11) is 0. The van der Waals surface area contributed by atoms with Crippen molar-refractivity contribution in [1.29, 1.82) is 0 Å². The molecule has 3 aromatic rings. The lowest BCUT2D eigenvalue weighted by Crippen LogP contribution is -2.32. The van der Waals surface area contributed by atoms with Gasteiger partial charge in [0.05, 0.1) is 5.69 Å². The minimum absolute atomic E-state index is 0.177. The van der Waals surface area contributed by atoms with Crippen molar-refractivity contribution >= 4 is 22.7 Å². The van der Waals surface area contributed by atoms with E-state index in [-0.39, 0.29) is 17.2 Å². The van der Waals surface area contributed by atoms with Gasteiger partial charge in [0, 0.05) is 5.69 Å². The highest BCUT2D eigenvalue weighted by atomic mass is 16.5. The quantitative estimate of drug-likeness (QED) is 0.798. The van der Waals surface area contributed by atoms with E-state index in [4.69, 9.17) is 4.52 Å². The number of para-hydroxylation sites is 1. The second kappa shape index (κ2) is 5.92. The van der Waals surface area contributed by atoms with Crippen molar-refractivity contribution in [2.45, 2.75) is 33.7 Å². The third kappa shape index (κ3) is 2.58. The molecule has 0 aliphatic carbocycles. The molecule has 0 aliphatic heterocycles. The minimum atomic E-state index is -0.720. The highest BCUT2D eigenvalue weighted by molar-refractivity contribution is 5.95. The molecule has 7 nitrogen and oxygen atoms in total. The zero-order valence-corrected chi connectivity index (χ0v) is 14.0. The van der Waals surface area contributed by atoms with Gasteiger partial charge in [-0.1, -0.05) is 23.4 Å². The summed E-state index contributed by atoms with van der Waals surface area (Å²) in [6, 6.07) is 5.06. The second-order valence-corrected chi connectivity index (χ2v) is 5.84. The standard InChI is InChI=1S/C17H18N4O3/c1-9-6-5-7-10(2)14(9)19-15(22)12(4)21-8-18-16-13(17(21)23)11(3)20-24-16/h5-8,12H,1-4H3,(H,19,22)/t12-/m1/s1. The van der Waals surface area contributed by atoms with E-state index in [2.05, 4.69) is 15.5 Å². The molecule has 124 valence electrons. The first-order valence-electron chi connectivity index (χ1n) is 7.60. The predicted octanol–water partition coefficient (Wildman–Crippen LogP) is 2.51. The number of nitrogens with zero attached hydrogens (tertiary/aromatic N) is 3. The zero-order chi connectivity index (χ0) is 17.4. The van der Waals surface area contributed by atoms with Gasteiger partial charge < -0.3 is 9.84 Å². The van der Waals surface area contributed by atoms with Crippen molar-refractivity contribution in [3.8, 4) is 0 Å². The largest absolute Gasteiger partial charge is 0.335 e. The van der Waals surface area contributed by atoms with Crippen LogP contribution in [-0.4, -0.2) is 20.6 Å². The molecule has 1 N–H and O–H groups in total. The lowest BCUT2D eigenvalue weighted by Gasteiger charge is -2.17.